The number of nitrogens with zero attached hydrogens (tertiary/aromatic N) is 1. The molecule has 24 heavy (non-hydrogen) atoms. The molecule has 0 unspecified atom stereocenters. The van der Waals surface area contributed by atoms with Gasteiger partial charge in [-0.1, -0.05) is 37.3 Å². The SMILES string of the molecule is C[C@@H]1c2ccccc2O[C@@H]1CNS(=O)(=O)Cc1cccc(C#N)c1. The second-order valence-electron chi connectivity index (χ2n) is 5.90. The van der Waals surface area contributed by atoms with Crippen molar-refractivity contribution in [2.75, 3.05) is 6.54 Å². The number of sulfonamides is 1. The molecule has 6 heteroatoms. The van der Waals surface area contributed by atoms with E-state index in [1.54, 1.807) is 24.3 Å². The standard InChI is InChI=1S/C18H18N2O3S/c1-13-16-7-2-3-8-17(16)23-18(13)11-20-24(21,22)12-15-6-4-5-14(9-15)10-19/h2-9,13,18,20H,11-12H2,1H3/t13-,18-/m1/s1. The Morgan fingerprint density at radius 2 is 2.00 bits per heavy atom. The smallest absolute Gasteiger partial charge is 0.215 e. The number of nitriles is 1. The van der Waals surface area contributed by atoms with Crippen molar-refractivity contribution in [2.24, 2.45) is 0 Å². The van der Waals surface area contributed by atoms with E-state index in [0.29, 0.717) is 11.1 Å². The maximum atomic E-state index is 12.3. The minimum Gasteiger partial charge on any atom is -0.488 e. The van der Waals surface area contributed by atoms with E-state index in [9.17, 15) is 8.42 Å². The van der Waals surface area contributed by atoms with Crippen LogP contribution >= 0.6 is 0 Å². The number of para-hydroxylation sites is 1. The lowest BCUT2D eigenvalue weighted by Crippen LogP contribution is -2.36. The third-order valence-electron chi connectivity index (χ3n) is 4.16. The Kier molecular flexibility index (Phi) is 4.56. The van der Waals surface area contributed by atoms with E-state index in [4.69, 9.17) is 10.00 Å². The molecular weight excluding hydrogens is 324 g/mol. The molecule has 1 aliphatic heterocycles. The third kappa shape index (κ3) is 3.58. The molecule has 3 rings (SSSR count). The fourth-order valence-electron chi connectivity index (χ4n) is 2.86. The fraction of sp³-hybridized carbons (Fsp3) is 0.278. The Morgan fingerprint density at radius 3 is 2.75 bits per heavy atom. The van der Waals surface area contributed by atoms with Gasteiger partial charge in [-0.15, -0.1) is 0 Å². The molecule has 5 nitrogen and oxygen atoms in total. The Hall–Kier alpha value is -2.36. The second kappa shape index (κ2) is 6.63. The number of ether oxygens (including phenoxy) is 1. The number of benzene rings is 2. The van der Waals surface area contributed by atoms with Crippen LogP contribution in [-0.4, -0.2) is 21.1 Å². The molecule has 124 valence electrons. The van der Waals surface area contributed by atoms with Gasteiger partial charge in [0.25, 0.3) is 0 Å². The monoisotopic (exact) mass is 342 g/mol. The normalized spacial score (nSPS) is 19.3. The highest BCUT2D eigenvalue weighted by Crippen LogP contribution is 2.37. The van der Waals surface area contributed by atoms with Gasteiger partial charge in [-0.25, -0.2) is 13.1 Å². The van der Waals surface area contributed by atoms with Crippen molar-refractivity contribution < 1.29 is 13.2 Å². The van der Waals surface area contributed by atoms with Gasteiger partial charge in [0.2, 0.25) is 10.0 Å². The highest BCUT2D eigenvalue weighted by atomic mass is 32.2. The molecule has 2 aromatic carbocycles. The van der Waals surface area contributed by atoms with Crippen LogP contribution in [0.25, 0.3) is 0 Å². The van der Waals surface area contributed by atoms with Crippen LogP contribution in [0.2, 0.25) is 0 Å². The predicted molar refractivity (Wildman–Crippen MR) is 91.1 cm³/mol. The van der Waals surface area contributed by atoms with Crippen molar-refractivity contribution in [2.45, 2.75) is 24.7 Å². The first-order valence-corrected chi connectivity index (χ1v) is 9.36. The molecule has 1 N–H and O–H groups in total. The maximum absolute atomic E-state index is 12.3. The average Bonchev–Trinajstić information content (AvgIpc) is 2.89. The predicted octanol–water partition coefficient (Wildman–Crippen LogP) is 2.54. The molecular formula is C18H18N2O3S. The summed E-state index contributed by atoms with van der Waals surface area (Å²) in [5.74, 6) is 0.790. The second-order valence-corrected chi connectivity index (χ2v) is 7.71. The molecule has 0 saturated carbocycles. The van der Waals surface area contributed by atoms with Crippen molar-refractivity contribution in [1.82, 2.24) is 4.72 Å². The summed E-state index contributed by atoms with van der Waals surface area (Å²) in [5.41, 5.74) is 2.14. The van der Waals surface area contributed by atoms with E-state index in [1.165, 1.54) is 0 Å². The third-order valence-corrected chi connectivity index (χ3v) is 5.48. The summed E-state index contributed by atoms with van der Waals surface area (Å²) in [6.45, 7) is 2.25. The molecule has 0 bridgehead atoms. The highest BCUT2D eigenvalue weighted by molar-refractivity contribution is 7.88. The molecule has 1 heterocycles. The van der Waals surface area contributed by atoms with Gasteiger partial charge in [0.15, 0.2) is 0 Å². The van der Waals surface area contributed by atoms with Crippen molar-refractivity contribution in [3.05, 3.63) is 65.2 Å². The quantitative estimate of drug-likeness (QED) is 0.905. The Balaban J connectivity index is 1.63. The van der Waals surface area contributed by atoms with Crippen LogP contribution in [0.4, 0.5) is 0 Å². The van der Waals surface area contributed by atoms with E-state index >= 15 is 0 Å². The minimum absolute atomic E-state index is 0.130. The molecule has 1 aliphatic rings. The van der Waals surface area contributed by atoms with Crippen LogP contribution in [0.1, 0.15) is 29.5 Å². The van der Waals surface area contributed by atoms with Crippen LogP contribution in [0.3, 0.4) is 0 Å². The molecule has 2 aromatic rings. The van der Waals surface area contributed by atoms with Crippen LogP contribution in [0.5, 0.6) is 5.75 Å². The van der Waals surface area contributed by atoms with Crippen LogP contribution in [-0.2, 0) is 15.8 Å². The molecule has 0 radical (unpaired) electrons. The lowest BCUT2D eigenvalue weighted by atomic mass is 9.98. The molecule has 0 aliphatic carbocycles. The first kappa shape index (κ1) is 16.5. The lowest BCUT2D eigenvalue weighted by Gasteiger charge is -2.16. The number of fused-ring (bicyclic) bond motifs is 1. The van der Waals surface area contributed by atoms with E-state index < -0.39 is 10.0 Å². The van der Waals surface area contributed by atoms with E-state index in [-0.39, 0.29) is 24.3 Å². The van der Waals surface area contributed by atoms with Crippen LogP contribution in [0, 0.1) is 11.3 Å². The fourth-order valence-corrected chi connectivity index (χ4v) is 4.00. The van der Waals surface area contributed by atoms with Crippen LogP contribution < -0.4 is 9.46 Å². The van der Waals surface area contributed by atoms with Gasteiger partial charge in [0.1, 0.15) is 11.9 Å². The van der Waals surface area contributed by atoms with Crippen molar-refractivity contribution >= 4 is 10.0 Å². The zero-order chi connectivity index (χ0) is 17.2. The zero-order valence-electron chi connectivity index (χ0n) is 13.3. The molecule has 0 spiro atoms. The largest absolute Gasteiger partial charge is 0.488 e. The Morgan fingerprint density at radius 1 is 1.21 bits per heavy atom. The number of nitrogens with one attached hydrogen (secondary N) is 1. The van der Waals surface area contributed by atoms with Gasteiger partial charge in [0.05, 0.1) is 17.4 Å². The molecule has 0 aromatic heterocycles. The average molecular weight is 342 g/mol. The molecule has 0 saturated heterocycles. The summed E-state index contributed by atoms with van der Waals surface area (Å²) in [4.78, 5) is 0. The van der Waals surface area contributed by atoms with Gasteiger partial charge in [-0.2, -0.15) is 5.26 Å². The summed E-state index contributed by atoms with van der Waals surface area (Å²) >= 11 is 0. The minimum atomic E-state index is -3.50. The van der Waals surface area contributed by atoms with Crippen LogP contribution in [0.15, 0.2) is 48.5 Å². The van der Waals surface area contributed by atoms with E-state index in [1.807, 2.05) is 37.3 Å². The maximum Gasteiger partial charge on any atom is 0.215 e. The molecule has 0 fully saturated rings. The lowest BCUT2D eigenvalue weighted by molar-refractivity contribution is 0.214. The summed E-state index contributed by atoms with van der Waals surface area (Å²) < 4.78 is 33.0. The van der Waals surface area contributed by atoms with Gasteiger partial charge < -0.3 is 4.74 Å². The van der Waals surface area contributed by atoms with E-state index in [2.05, 4.69) is 4.72 Å². The van der Waals surface area contributed by atoms with Crippen molar-refractivity contribution in [3.63, 3.8) is 0 Å². The van der Waals surface area contributed by atoms with Crippen molar-refractivity contribution in [1.29, 1.82) is 5.26 Å². The Bertz CT molecular complexity index is 887. The number of hydrogen-bond acceptors (Lipinski definition) is 4. The van der Waals surface area contributed by atoms with Gasteiger partial charge in [0, 0.05) is 18.0 Å². The topological polar surface area (TPSA) is 79.2 Å². The summed E-state index contributed by atoms with van der Waals surface area (Å²) in [7, 11) is -3.50. The summed E-state index contributed by atoms with van der Waals surface area (Å²) in [6.07, 6.45) is -0.220. The highest BCUT2D eigenvalue weighted by Gasteiger charge is 2.31. The first-order chi connectivity index (χ1) is 11.5. The molecule has 2 atom stereocenters. The summed E-state index contributed by atoms with van der Waals surface area (Å²) in [6, 6.07) is 16.4. The van der Waals surface area contributed by atoms with E-state index in [0.717, 1.165) is 11.3 Å². The number of hydrogen-bond donors (Lipinski definition) is 1. The zero-order valence-corrected chi connectivity index (χ0v) is 14.1. The molecule has 0 amide bonds. The van der Waals surface area contributed by atoms with Crippen molar-refractivity contribution in [3.8, 4) is 11.8 Å². The Labute approximate surface area is 141 Å². The summed E-state index contributed by atoms with van der Waals surface area (Å²) in [5, 5.41) is 8.89. The van der Waals surface area contributed by atoms with Gasteiger partial charge in [-0.3, -0.25) is 0 Å². The van der Waals surface area contributed by atoms with Gasteiger partial charge >= 0.3 is 0 Å². The van der Waals surface area contributed by atoms with Gasteiger partial charge in [-0.05, 0) is 23.8 Å². The first-order valence-electron chi connectivity index (χ1n) is 7.70. The number of rotatable bonds is 5.